The number of carbonyl (C=O) groups is 2. The Hall–Kier alpha value is -3.34. The van der Waals surface area contributed by atoms with E-state index in [1.54, 1.807) is 12.1 Å². The van der Waals surface area contributed by atoms with E-state index in [1.807, 2.05) is 79.9 Å². The molecule has 0 radical (unpaired) electrons. The smallest absolute Gasteiger partial charge is 0.340 e. The number of nitrogens with one attached hydrogen (secondary N) is 1. The van der Waals surface area contributed by atoms with E-state index in [9.17, 15) is 9.59 Å². The second kappa shape index (κ2) is 9.24. The fourth-order valence-corrected chi connectivity index (χ4v) is 3.31. The highest BCUT2D eigenvalue weighted by Crippen LogP contribution is 2.18. The maximum Gasteiger partial charge on any atom is 0.340 e. The molecule has 5 nitrogen and oxygen atoms in total. The molecule has 0 saturated carbocycles. The zero-order valence-electron chi connectivity index (χ0n) is 17.0. The number of aromatic nitrogens is 1. The maximum atomic E-state index is 12.5. The normalized spacial score (nSPS) is 11.7. The Morgan fingerprint density at radius 2 is 1.62 bits per heavy atom. The molecule has 150 valence electrons. The first-order chi connectivity index (χ1) is 14.0. The summed E-state index contributed by atoms with van der Waals surface area (Å²) in [4.78, 5) is 24.9. The molecule has 1 heterocycles. The lowest BCUT2D eigenvalue weighted by molar-refractivity contribution is 0.0471. The topological polar surface area (TPSA) is 60.3 Å². The highest BCUT2D eigenvalue weighted by Gasteiger charge is 2.19. The highest BCUT2D eigenvalue weighted by atomic mass is 16.5. The molecule has 1 N–H and O–H groups in total. The lowest BCUT2D eigenvalue weighted by Crippen LogP contribution is -2.36. The van der Waals surface area contributed by atoms with Gasteiger partial charge in [0.05, 0.1) is 5.56 Å². The molecule has 1 amide bonds. The van der Waals surface area contributed by atoms with Crippen molar-refractivity contribution in [3.8, 4) is 0 Å². The molecule has 0 aliphatic carbocycles. The summed E-state index contributed by atoms with van der Waals surface area (Å²) in [6, 6.07) is 20.5. The molecule has 29 heavy (non-hydrogen) atoms. The number of hydrogen-bond acceptors (Lipinski definition) is 3. The molecule has 0 spiro atoms. The largest absolute Gasteiger partial charge is 0.457 e. The van der Waals surface area contributed by atoms with Crippen LogP contribution in [-0.2, 0) is 17.9 Å². The maximum absolute atomic E-state index is 12.5. The van der Waals surface area contributed by atoms with Crippen molar-refractivity contribution in [3.05, 3.63) is 94.8 Å². The van der Waals surface area contributed by atoms with E-state index >= 15 is 0 Å². The van der Waals surface area contributed by atoms with Gasteiger partial charge in [0.25, 0.3) is 5.91 Å². The van der Waals surface area contributed by atoms with Gasteiger partial charge in [-0.3, -0.25) is 4.79 Å². The summed E-state index contributed by atoms with van der Waals surface area (Å²) in [5.74, 6) is -0.447. The first kappa shape index (κ1) is 20.4. The lowest BCUT2D eigenvalue weighted by Gasteiger charge is -2.18. The predicted molar refractivity (Wildman–Crippen MR) is 113 cm³/mol. The Kier molecular flexibility index (Phi) is 6.50. The van der Waals surface area contributed by atoms with Crippen molar-refractivity contribution >= 4 is 11.9 Å². The highest BCUT2D eigenvalue weighted by molar-refractivity contribution is 5.94. The number of hydrogen-bond donors (Lipinski definition) is 1. The second-order valence-electron chi connectivity index (χ2n) is 7.20. The van der Waals surface area contributed by atoms with E-state index in [0.717, 1.165) is 17.0 Å². The summed E-state index contributed by atoms with van der Waals surface area (Å²) < 4.78 is 7.51. The van der Waals surface area contributed by atoms with Crippen LogP contribution in [0.15, 0.2) is 66.7 Å². The molecule has 3 rings (SSSR count). The Balaban J connectivity index is 1.64. The van der Waals surface area contributed by atoms with Gasteiger partial charge in [0.2, 0.25) is 0 Å². The van der Waals surface area contributed by atoms with E-state index in [4.69, 9.17) is 4.74 Å². The summed E-state index contributed by atoms with van der Waals surface area (Å²) in [6.07, 6.45) is 0. The first-order valence-electron chi connectivity index (χ1n) is 9.69. The minimum atomic E-state index is -0.339. The number of amides is 1. The lowest BCUT2D eigenvalue weighted by atomic mass is 10.2. The fourth-order valence-electron chi connectivity index (χ4n) is 3.31. The van der Waals surface area contributed by atoms with Crippen molar-refractivity contribution in [1.29, 1.82) is 0 Å². The summed E-state index contributed by atoms with van der Waals surface area (Å²) in [5, 5.41) is 3.01. The third-order valence-corrected chi connectivity index (χ3v) is 4.88. The Bertz CT molecular complexity index is 978. The van der Waals surface area contributed by atoms with Crippen LogP contribution in [0.5, 0.6) is 0 Å². The molecular formula is C24H26N2O3. The van der Waals surface area contributed by atoms with Crippen LogP contribution in [0, 0.1) is 13.8 Å². The van der Waals surface area contributed by atoms with Crippen LogP contribution in [0.3, 0.4) is 0 Å². The van der Waals surface area contributed by atoms with Gasteiger partial charge in [-0.2, -0.15) is 0 Å². The molecule has 1 unspecified atom stereocenters. The molecule has 1 aromatic heterocycles. The van der Waals surface area contributed by atoms with E-state index in [-0.39, 0.29) is 24.5 Å². The minimum absolute atomic E-state index is 0.0966. The Morgan fingerprint density at radius 3 is 2.28 bits per heavy atom. The van der Waals surface area contributed by atoms with Crippen LogP contribution in [0.25, 0.3) is 0 Å². The summed E-state index contributed by atoms with van der Waals surface area (Å²) in [7, 11) is 0. The van der Waals surface area contributed by atoms with E-state index in [0.29, 0.717) is 17.7 Å². The number of nitrogens with zero attached hydrogens (tertiary/aromatic N) is 1. The van der Waals surface area contributed by atoms with Gasteiger partial charge < -0.3 is 14.6 Å². The van der Waals surface area contributed by atoms with Crippen LogP contribution in [0.4, 0.5) is 0 Å². The quantitative estimate of drug-likeness (QED) is 0.613. The summed E-state index contributed by atoms with van der Waals surface area (Å²) >= 11 is 0. The Labute approximate surface area is 171 Å². The van der Waals surface area contributed by atoms with Gasteiger partial charge in [0.15, 0.2) is 0 Å². The van der Waals surface area contributed by atoms with Crippen LogP contribution in [0.1, 0.15) is 44.6 Å². The molecule has 2 aromatic carbocycles. The third kappa shape index (κ3) is 5.13. The van der Waals surface area contributed by atoms with Crippen LogP contribution >= 0.6 is 0 Å². The van der Waals surface area contributed by atoms with Crippen molar-refractivity contribution in [2.24, 2.45) is 0 Å². The molecule has 0 saturated heterocycles. The van der Waals surface area contributed by atoms with Crippen molar-refractivity contribution in [1.82, 2.24) is 9.88 Å². The number of benzene rings is 2. The van der Waals surface area contributed by atoms with Gasteiger partial charge in [0.1, 0.15) is 6.61 Å². The van der Waals surface area contributed by atoms with Crippen molar-refractivity contribution in [2.45, 2.75) is 40.0 Å². The third-order valence-electron chi connectivity index (χ3n) is 4.88. The Morgan fingerprint density at radius 1 is 1.00 bits per heavy atom. The first-order valence-corrected chi connectivity index (χ1v) is 9.69. The molecule has 0 aliphatic rings. The standard InChI is InChI=1S/C24H26N2O3/c1-17(25-23(27)21-12-8-5-9-13-21)15-26-18(2)14-22(19(26)3)24(28)29-16-20-10-6-4-7-11-20/h4-14,17H,15-16H2,1-3H3,(H,25,27). The zero-order valence-corrected chi connectivity index (χ0v) is 17.0. The van der Waals surface area contributed by atoms with Gasteiger partial charge in [-0.1, -0.05) is 48.5 Å². The SMILES string of the molecule is Cc1cc(C(=O)OCc2ccccc2)c(C)n1CC(C)NC(=O)c1ccccc1. The van der Waals surface area contributed by atoms with Crippen molar-refractivity contribution < 1.29 is 14.3 Å². The number of rotatable bonds is 7. The van der Waals surface area contributed by atoms with E-state index in [1.165, 1.54) is 0 Å². The number of esters is 1. The molecule has 0 bridgehead atoms. The average molecular weight is 390 g/mol. The molecule has 5 heteroatoms. The predicted octanol–water partition coefficient (Wildman–Crippen LogP) is 4.28. The number of aryl methyl sites for hydroxylation is 1. The monoisotopic (exact) mass is 390 g/mol. The molecule has 3 aromatic rings. The van der Waals surface area contributed by atoms with Gasteiger partial charge in [0, 0.05) is 29.5 Å². The molecule has 1 atom stereocenters. The minimum Gasteiger partial charge on any atom is -0.457 e. The summed E-state index contributed by atoms with van der Waals surface area (Å²) in [5.41, 5.74) is 3.92. The van der Waals surface area contributed by atoms with Crippen LogP contribution in [0.2, 0.25) is 0 Å². The second-order valence-corrected chi connectivity index (χ2v) is 7.20. The number of carbonyl (C=O) groups excluding carboxylic acids is 2. The van der Waals surface area contributed by atoms with E-state index in [2.05, 4.69) is 5.32 Å². The van der Waals surface area contributed by atoms with Gasteiger partial charge in [-0.25, -0.2) is 4.79 Å². The fraction of sp³-hybridized carbons (Fsp3) is 0.250. The van der Waals surface area contributed by atoms with Gasteiger partial charge in [-0.15, -0.1) is 0 Å². The molecule has 0 aliphatic heterocycles. The molecule has 0 fully saturated rings. The van der Waals surface area contributed by atoms with Gasteiger partial charge in [-0.05, 0) is 44.5 Å². The van der Waals surface area contributed by atoms with Gasteiger partial charge >= 0.3 is 5.97 Å². The van der Waals surface area contributed by atoms with Crippen LogP contribution in [-0.4, -0.2) is 22.5 Å². The van der Waals surface area contributed by atoms with Crippen molar-refractivity contribution in [3.63, 3.8) is 0 Å². The number of ether oxygens (including phenoxy) is 1. The summed E-state index contributed by atoms with van der Waals surface area (Å²) in [6.45, 7) is 6.62. The van der Waals surface area contributed by atoms with Crippen molar-refractivity contribution in [2.75, 3.05) is 0 Å². The van der Waals surface area contributed by atoms with Crippen LogP contribution < -0.4 is 5.32 Å². The molecular weight excluding hydrogens is 364 g/mol. The van der Waals surface area contributed by atoms with E-state index < -0.39 is 0 Å². The zero-order chi connectivity index (χ0) is 20.8. The average Bonchev–Trinajstić information content (AvgIpc) is 3.01.